The van der Waals surface area contributed by atoms with Gasteiger partial charge in [0.05, 0.1) is 16.8 Å². The highest BCUT2D eigenvalue weighted by Gasteiger charge is 2.31. The van der Waals surface area contributed by atoms with Crippen LogP contribution in [0.3, 0.4) is 0 Å². The molecule has 0 aromatic heterocycles. The van der Waals surface area contributed by atoms with Crippen molar-refractivity contribution in [2.45, 2.75) is 24.2 Å². The highest BCUT2D eigenvalue weighted by Crippen LogP contribution is 2.36. The van der Waals surface area contributed by atoms with Gasteiger partial charge in [-0.05, 0) is 60.9 Å². The Kier molecular flexibility index (Phi) is 8.37. The molecule has 0 saturated heterocycles. The molecule has 3 aromatic rings. The maximum Gasteiger partial charge on any atom is 0.416 e. The maximum atomic E-state index is 13.0. The Balaban J connectivity index is 1.78. The number of halogens is 6. The van der Waals surface area contributed by atoms with Gasteiger partial charge in [0.25, 0.3) is 0 Å². The molecule has 34 heavy (non-hydrogen) atoms. The summed E-state index contributed by atoms with van der Waals surface area (Å²) in [5, 5.41) is 1.53. The summed E-state index contributed by atoms with van der Waals surface area (Å²) in [6.07, 6.45) is -7.53. The van der Waals surface area contributed by atoms with Gasteiger partial charge in [0, 0.05) is 11.0 Å². The van der Waals surface area contributed by atoms with Gasteiger partial charge in [-0.3, -0.25) is 0 Å². The number of alkyl halides is 6. The van der Waals surface area contributed by atoms with Crippen LogP contribution in [0.15, 0.2) is 94.2 Å². The zero-order valence-corrected chi connectivity index (χ0v) is 19.2. The van der Waals surface area contributed by atoms with Crippen LogP contribution < -0.4 is 4.74 Å². The van der Waals surface area contributed by atoms with Crippen molar-refractivity contribution in [1.82, 2.24) is 0 Å². The first-order valence-electron chi connectivity index (χ1n) is 9.68. The van der Waals surface area contributed by atoms with E-state index in [9.17, 15) is 26.3 Å². The Morgan fingerprint density at radius 1 is 0.824 bits per heavy atom. The average molecular weight is 514 g/mol. The molecule has 0 saturated carbocycles. The van der Waals surface area contributed by atoms with Crippen LogP contribution in [0.4, 0.5) is 32.0 Å². The number of rotatable bonds is 6. The topological polar surface area (TPSA) is 21.6 Å². The molecular weight excluding hydrogens is 496 g/mol. The fraction of sp³-hybridized carbons (Fsp3) is 0.125. The van der Waals surface area contributed by atoms with Gasteiger partial charge in [-0.15, -0.1) is 0 Å². The highest BCUT2D eigenvalue weighted by molar-refractivity contribution is 8.77. The number of ether oxygens (including phenoxy) is 1. The van der Waals surface area contributed by atoms with E-state index in [4.69, 9.17) is 4.74 Å². The lowest BCUT2D eigenvalue weighted by Gasteiger charge is -2.10. The minimum absolute atomic E-state index is 0.0142. The minimum atomic E-state index is -4.53. The van der Waals surface area contributed by atoms with E-state index in [2.05, 4.69) is 4.99 Å². The molecule has 0 bridgehead atoms. The van der Waals surface area contributed by atoms with E-state index in [0.717, 1.165) is 51.4 Å². The van der Waals surface area contributed by atoms with E-state index in [0.29, 0.717) is 10.6 Å². The van der Waals surface area contributed by atoms with Gasteiger partial charge in [-0.2, -0.15) is 26.3 Å². The SMILES string of the molecule is Cc1ccc(/N=C(/C=C/SSc2cccc(C(F)(F)F)c2)Oc2cccc(C(F)(F)F)c2)cc1. The number of hydrogen-bond acceptors (Lipinski definition) is 4. The Bertz CT molecular complexity index is 1170. The Labute approximate surface area is 200 Å². The van der Waals surface area contributed by atoms with Gasteiger partial charge < -0.3 is 4.74 Å². The van der Waals surface area contributed by atoms with Crippen LogP contribution in [0.5, 0.6) is 5.75 Å². The summed E-state index contributed by atoms with van der Waals surface area (Å²) in [5.41, 5.74) is -0.0923. The van der Waals surface area contributed by atoms with E-state index in [-0.39, 0.29) is 11.6 Å². The van der Waals surface area contributed by atoms with Crippen LogP contribution in [0, 0.1) is 6.92 Å². The highest BCUT2D eigenvalue weighted by atomic mass is 33.1. The molecule has 0 aliphatic heterocycles. The van der Waals surface area contributed by atoms with E-state index in [1.165, 1.54) is 29.7 Å². The number of aryl methyl sites for hydroxylation is 1. The summed E-state index contributed by atoms with van der Waals surface area (Å²) in [4.78, 5) is 4.72. The third-order valence-corrected chi connectivity index (χ3v) is 6.22. The predicted molar refractivity (Wildman–Crippen MR) is 124 cm³/mol. The molecule has 0 atom stereocenters. The molecule has 0 N–H and O–H groups in total. The summed E-state index contributed by atoms with van der Waals surface area (Å²) in [6.45, 7) is 1.90. The predicted octanol–water partition coefficient (Wildman–Crippen LogP) is 9.10. The van der Waals surface area contributed by atoms with Crippen molar-refractivity contribution in [1.29, 1.82) is 0 Å². The van der Waals surface area contributed by atoms with Crippen LogP contribution in [-0.4, -0.2) is 5.90 Å². The smallest absolute Gasteiger partial charge is 0.416 e. The first-order chi connectivity index (χ1) is 16.0. The van der Waals surface area contributed by atoms with Crippen LogP contribution in [0.1, 0.15) is 16.7 Å². The molecule has 0 radical (unpaired) electrons. The number of nitrogens with zero attached hydrogens (tertiary/aromatic N) is 1. The maximum absolute atomic E-state index is 13.0. The first-order valence-corrected chi connectivity index (χ1v) is 11.9. The van der Waals surface area contributed by atoms with Crippen molar-refractivity contribution in [2.24, 2.45) is 4.99 Å². The normalized spacial score (nSPS) is 12.9. The summed E-state index contributed by atoms with van der Waals surface area (Å²) in [6, 6.07) is 16.4. The molecule has 0 spiro atoms. The second-order valence-electron chi connectivity index (χ2n) is 6.92. The number of benzene rings is 3. The molecule has 0 unspecified atom stereocenters. The lowest BCUT2D eigenvalue weighted by atomic mass is 10.2. The summed E-state index contributed by atoms with van der Waals surface area (Å²) in [5.74, 6) is -0.0406. The van der Waals surface area contributed by atoms with Gasteiger partial charge in [-0.1, -0.05) is 51.4 Å². The van der Waals surface area contributed by atoms with Crippen LogP contribution in [0.2, 0.25) is 0 Å². The van der Waals surface area contributed by atoms with Crippen molar-refractivity contribution in [3.63, 3.8) is 0 Å². The molecule has 2 nitrogen and oxygen atoms in total. The zero-order valence-electron chi connectivity index (χ0n) is 17.5. The molecular formula is C24H17F6NOS2. The van der Waals surface area contributed by atoms with Crippen molar-refractivity contribution >= 4 is 33.2 Å². The summed E-state index contributed by atoms with van der Waals surface area (Å²) < 4.78 is 83.3. The third-order valence-electron chi connectivity index (χ3n) is 4.23. The molecule has 178 valence electrons. The second-order valence-corrected chi connectivity index (χ2v) is 9.10. The van der Waals surface area contributed by atoms with Gasteiger partial charge in [0.2, 0.25) is 5.90 Å². The first kappa shape index (κ1) is 25.8. The molecule has 10 heteroatoms. The van der Waals surface area contributed by atoms with E-state index in [1.807, 2.05) is 19.1 Å². The van der Waals surface area contributed by atoms with Gasteiger partial charge >= 0.3 is 12.4 Å². The quantitative estimate of drug-likeness (QED) is 0.142. The molecule has 0 heterocycles. The monoisotopic (exact) mass is 513 g/mol. The zero-order chi connectivity index (χ0) is 24.8. The summed E-state index contributed by atoms with van der Waals surface area (Å²) >= 11 is 0. The standard InChI is InChI=1S/C24H17F6NOS2/c1-16-8-10-19(11-9-16)31-22(32-20-6-2-4-17(14-20)23(25,26)27)12-13-33-34-21-7-3-5-18(15-21)24(28,29)30/h2-15H,1H3/b13-12+,31-22-. The molecule has 0 amide bonds. The van der Waals surface area contributed by atoms with E-state index < -0.39 is 23.5 Å². The fourth-order valence-corrected chi connectivity index (χ4v) is 4.22. The van der Waals surface area contributed by atoms with Crippen LogP contribution >= 0.6 is 21.6 Å². The van der Waals surface area contributed by atoms with Gasteiger partial charge in [0.15, 0.2) is 0 Å². The lowest BCUT2D eigenvalue weighted by Crippen LogP contribution is -2.08. The van der Waals surface area contributed by atoms with Crippen molar-refractivity contribution in [2.75, 3.05) is 0 Å². The minimum Gasteiger partial charge on any atom is -0.439 e. The Morgan fingerprint density at radius 2 is 1.44 bits per heavy atom. The lowest BCUT2D eigenvalue weighted by molar-refractivity contribution is -0.138. The van der Waals surface area contributed by atoms with Crippen LogP contribution in [-0.2, 0) is 12.4 Å². The molecule has 0 fully saturated rings. The summed E-state index contributed by atoms with van der Waals surface area (Å²) in [7, 11) is 2.20. The van der Waals surface area contributed by atoms with E-state index in [1.54, 1.807) is 18.2 Å². The van der Waals surface area contributed by atoms with E-state index >= 15 is 0 Å². The van der Waals surface area contributed by atoms with Gasteiger partial charge in [-0.25, -0.2) is 4.99 Å². The average Bonchev–Trinajstić information content (AvgIpc) is 2.77. The van der Waals surface area contributed by atoms with Crippen molar-refractivity contribution in [3.8, 4) is 5.75 Å². The van der Waals surface area contributed by atoms with Crippen molar-refractivity contribution < 1.29 is 31.1 Å². The number of aliphatic imine (C=N–C) groups is 1. The van der Waals surface area contributed by atoms with Crippen LogP contribution in [0.25, 0.3) is 0 Å². The number of hydrogen-bond donors (Lipinski definition) is 0. The molecule has 3 rings (SSSR count). The largest absolute Gasteiger partial charge is 0.439 e. The molecule has 0 aliphatic rings. The van der Waals surface area contributed by atoms with Crippen molar-refractivity contribution in [3.05, 3.63) is 101 Å². The Morgan fingerprint density at radius 3 is 2.09 bits per heavy atom. The third kappa shape index (κ3) is 7.88. The Hall–Kier alpha value is -2.85. The second kappa shape index (κ2) is 11.1. The molecule has 0 aliphatic carbocycles. The van der Waals surface area contributed by atoms with Gasteiger partial charge in [0.1, 0.15) is 5.75 Å². The fourth-order valence-electron chi connectivity index (χ4n) is 2.59. The molecule has 3 aromatic carbocycles.